The molecule has 1 aliphatic rings. The van der Waals surface area contributed by atoms with Gasteiger partial charge in [0.25, 0.3) is 0 Å². The third-order valence-electron chi connectivity index (χ3n) is 3.69. The number of pyridine rings is 1. The molecule has 0 saturated carbocycles. The number of hydrogen-bond donors (Lipinski definition) is 3. The second-order valence-electron chi connectivity index (χ2n) is 4.92. The summed E-state index contributed by atoms with van der Waals surface area (Å²) >= 11 is 0. The van der Waals surface area contributed by atoms with Gasteiger partial charge in [0.2, 0.25) is 0 Å². The fourth-order valence-electron chi connectivity index (χ4n) is 2.50. The highest BCUT2D eigenvalue weighted by molar-refractivity contribution is 6.01. The molecule has 1 aromatic rings. The molecule has 1 aliphatic heterocycles. The quantitative estimate of drug-likeness (QED) is 0.324. The lowest BCUT2D eigenvalue weighted by Crippen LogP contribution is -2.38. The molecule has 104 valence electrons. The van der Waals surface area contributed by atoms with E-state index in [9.17, 15) is 5.11 Å². The summed E-state index contributed by atoms with van der Waals surface area (Å²) in [5.74, 6) is 1.15. The number of nitrogens with zero attached hydrogens (tertiary/aromatic N) is 3. The van der Waals surface area contributed by atoms with E-state index in [0.717, 1.165) is 31.7 Å². The molecule has 0 aliphatic carbocycles. The first kappa shape index (κ1) is 13.6. The van der Waals surface area contributed by atoms with Crippen molar-refractivity contribution >= 4 is 11.7 Å². The Kier molecular flexibility index (Phi) is 4.21. The van der Waals surface area contributed by atoms with Gasteiger partial charge in [-0.25, -0.2) is 4.98 Å². The van der Waals surface area contributed by atoms with Gasteiger partial charge in [0, 0.05) is 19.3 Å². The van der Waals surface area contributed by atoms with E-state index in [-0.39, 0.29) is 11.9 Å². The Labute approximate surface area is 112 Å². The van der Waals surface area contributed by atoms with Gasteiger partial charge in [0.05, 0.1) is 11.7 Å². The Bertz CT molecular complexity index is 454. The Morgan fingerprint density at radius 1 is 1.53 bits per heavy atom. The molecule has 6 heteroatoms. The van der Waals surface area contributed by atoms with Crippen LogP contribution in [0.1, 0.15) is 25.3 Å². The van der Waals surface area contributed by atoms with Crippen LogP contribution in [0.2, 0.25) is 0 Å². The first-order chi connectivity index (χ1) is 9.13. The summed E-state index contributed by atoms with van der Waals surface area (Å²) in [5, 5.41) is 21.5. The van der Waals surface area contributed by atoms with E-state index in [0.29, 0.717) is 11.5 Å². The van der Waals surface area contributed by atoms with Crippen LogP contribution in [0.4, 0.5) is 5.82 Å². The van der Waals surface area contributed by atoms with Gasteiger partial charge in [-0.2, -0.15) is 0 Å². The first-order valence-corrected chi connectivity index (χ1v) is 6.49. The van der Waals surface area contributed by atoms with Crippen molar-refractivity contribution in [3.63, 3.8) is 0 Å². The number of aliphatic hydroxyl groups excluding tert-OH is 1. The Morgan fingerprint density at radius 3 is 2.79 bits per heavy atom. The lowest BCUT2D eigenvalue weighted by atomic mass is 9.92. The summed E-state index contributed by atoms with van der Waals surface area (Å²) in [7, 11) is 0. The van der Waals surface area contributed by atoms with Crippen LogP contribution >= 0.6 is 0 Å². The van der Waals surface area contributed by atoms with Gasteiger partial charge in [-0.15, -0.1) is 0 Å². The Hall–Kier alpha value is -1.82. The minimum absolute atomic E-state index is 0.0701. The van der Waals surface area contributed by atoms with Gasteiger partial charge in [0.1, 0.15) is 5.82 Å². The summed E-state index contributed by atoms with van der Waals surface area (Å²) in [5.41, 5.74) is 6.31. The second kappa shape index (κ2) is 5.88. The highest BCUT2D eigenvalue weighted by atomic mass is 16.4. The molecule has 1 aromatic heterocycles. The molecule has 19 heavy (non-hydrogen) atoms. The number of rotatable bonds is 3. The smallest absolute Gasteiger partial charge is 0.173 e. The summed E-state index contributed by atoms with van der Waals surface area (Å²) in [4.78, 5) is 6.45. The highest BCUT2D eigenvalue weighted by Gasteiger charge is 2.25. The number of amidine groups is 1. The van der Waals surface area contributed by atoms with Crippen LogP contribution in [0.25, 0.3) is 0 Å². The van der Waals surface area contributed by atoms with E-state index < -0.39 is 0 Å². The van der Waals surface area contributed by atoms with Crippen LogP contribution in [-0.4, -0.2) is 40.3 Å². The average Bonchev–Trinajstić information content (AvgIpc) is 2.46. The monoisotopic (exact) mass is 264 g/mol. The van der Waals surface area contributed by atoms with E-state index in [4.69, 9.17) is 10.9 Å². The molecular weight excluding hydrogens is 244 g/mol. The predicted molar refractivity (Wildman–Crippen MR) is 73.4 cm³/mol. The summed E-state index contributed by atoms with van der Waals surface area (Å²) in [6.07, 6.45) is 3.27. The van der Waals surface area contributed by atoms with Crippen molar-refractivity contribution in [1.29, 1.82) is 0 Å². The lowest BCUT2D eigenvalue weighted by molar-refractivity contribution is 0.110. The summed E-state index contributed by atoms with van der Waals surface area (Å²) in [6, 6.07) is 3.55. The topological polar surface area (TPSA) is 95.0 Å². The molecule has 1 unspecified atom stereocenters. The van der Waals surface area contributed by atoms with Crippen molar-refractivity contribution in [2.24, 2.45) is 16.8 Å². The van der Waals surface area contributed by atoms with E-state index >= 15 is 0 Å². The van der Waals surface area contributed by atoms with Gasteiger partial charge < -0.3 is 20.9 Å². The maximum atomic E-state index is 9.61. The van der Waals surface area contributed by atoms with Crippen molar-refractivity contribution in [2.75, 3.05) is 18.0 Å². The van der Waals surface area contributed by atoms with E-state index in [2.05, 4.69) is 15.0 Å². The van der Waals surface area contributed by atoms with Crippen LogP contribution < -0.4 is 10.6 Å². The molecule has 0 spiro atoms. The van der Waals surface area contributed by atoms with Crippen LogP contribution in [0.15, 0.2) is 23.5 Å². The van der Waals surface area contributed by atoms with Gasteiger partial charge in [0.15, 0.2) is 5.84 Å². The fourth-order valence-corrected chi connectivity index (χ4v) is 2.50. The van der Waals surface area contributed by atoms with E-state index in [1.54, 1.807) is 18.3 Å². The normalized spacial score (nSPS) is 19.5. The van der Waals surface area contributed by atoms with Crippen molar-refractivity contribution in [3.8, 4) is 0 Å². The minimum atomic E-state index is -0.269. The molecule has 0 aromatic carbocycles. The number of piperidine rings is 1. The maximum absolute atomic E-state index is 9.61. The van der Waals surface area contributed by atoms with Crippen LogP contribution in [0.5, 0.6) is 0 Å². The van der Waals surface area contributed by atoms with Crippen molar-refractivity contribution < 1.29 is 10.3 Å². The molecule has 0 amide bonds. The number of anilines is 1. The van der Waals surface area contributed by atoms with Gasteiger partial charge in [-0.1, -0.05) is 5.16 Å². The zero-order chi connectivity index (χ0) is 13.8. The second-order valence-corrected chi connectivity index (χ2v) is 4.92. The first-order valence-electron chi connectivity index (χ1n) is 6.49. The third kappa shape index (κ3) is 2.96. The molecule has 0 radical (unpaired) electrons. The summed E-state index contributed by atoms with van der Waals surface area (Å²) in [6.45, 7) is 3.47. The van der Waals surface area contributed by atoms with Gasteiger partial charge in [-0.05, 0) is 37.8 Å². The third-order valence-corrected chi connectivity index (χ3v) is 3.69. The SMILES string of the molecule is CC(O)C1CCN(c2ncccc2/C(N)=N/O)CC1. The summed E-state index contributed by atoms with van der Waals surface area (Å²) < 4.78 is 0. The molecule has 1 atom stereocenters. The van der Waals surface area contributed by atoms with Crippen molar-refractivity contribution in [2.45, 2.75) is 25.9 Å². The molecule has 6 nitrogen and oxygen atoms in total. The predicted octanol–water partition coefficient (Wildman–Crippen LogP) is 0.773. The molecule has 1 fully saturated rings. The molecule has 4 N–H and O–H groups in total. The van der Waals surface area contributed by atoms with Crippen LogP contribution in [0.3, 0.4) is 0 Å². The van der Waals surface area contributed by atoms with Gasteiger partial charge >= 0.3 is 0 Å². The van der Waals surface area contributed by atoms with Crippen molar-refractivity contribution in [1.82, 2.24) is 4.98 Å². The number of aliphatic hydroxyl groups is 1. The lowest BCUT2D eigenvalue weighted by Gasteiger charge is -2.34. The molecule has 2 rings (SSSR count). The van der Waals surface area contributed by atoms with Crippen LogP contribution in [0, 0.1) is 5.92 Å². The van der Waals surface area contributed by atoms with Crippen LogP contribution in [-0.2, 0) is 0 Å². The standard InChI is InChI=1S/C13H20N4O2/c1-9(18)10-4-7-17(8-5-10)13-11(12(14)16-19)3-2-6-15-13/h2-3,6,9-10,18-19H,4-5,7-8H2,1H3,(H2,14,16). The number of oxime groups is 1. The van der Waals surface area contributed by atoms with Crippen molar-refractivity contribution in [3.05, 3.63) is 23.9 Å². The number of nitrogens with two attached hydrogens (primary N) is 1. The molecule has 2 heterocycles. The minimum Gasteiger partial charge on any atom is -0.409 e. The molecule has 1 saturated heterocycles. The fraction of sp³-hybridized carbons (Fsp3) is 0.538. The molecule has 0 bridgehead atoms. The van der Waals surface area contributed by atoms with Gasteiger partial charge in [-0.3, -0.25) is 0 Å². The average molecular weight is 264 g/mol. The Balaban J connectivity index is 2.16. The highest BCUT2D eigenvalue weighted by Crippen LogP contribution is 2.26. The number of hydrogen-bond acceptors (Lipinski definition) is 5. The zero-order valence-electron chi connectivity index (χ0n) is 11.0. The zero-order valence-corrected chi connectivity index (χ0v) is 11.0. The number of aromatic nitrogens is 1. The largest absolute Gasteiger partial charge is 0.409 e. The maximum Gasteiger partial charge on any atom is 0.173 e. The van der Waals surface area contributed by atoms with E-state index in [1.807, 2.05) is 6.92 Å². The molecular formula is C13H20N4O2. The van der Waals surface area contributed by atoms with E-state index in [1.165, 1.54) is 0 Å². The Morgan fingerprint density at radius 2 is 2.21 bits per heavy atom.